The van der Waals surface area contributed by atoms with Crippen LogP contribution in [0, 0.1) is 0 Å². The molecule has 1 saturated heterocycles. The molecule has 1 aromatic rings. The van der Waals surface area contributed by atoms with Crippen LogP contribution in [0.15, 0.2) is 30.3 Å². The molecule has 2 atom stereocenters. The number of ether oxygens (including phenoxy) is 2. The van der Waals surface area contributed by atoms with Crippen molar-refractivity contribution < 1.29 is 19.1 Å². The summed E-state index contributed by atoms with van der Waals surface area (Å²) >= 11 is 0. The lowest BCUT2D eigenvalue weighted by atomic mass is 10.1. The highest BCUT2D eigenvalue weighted by molar-refractivity contribution is 5.80. The maximum absolute atomic E-state index is 11.4. The highest BCUT2D eigenvalue weighted by Gasteiger charge is 2.37. The monoisotopic (exact) mass is 220 g/mol. The van der Waals surface area contributed by atoms with Crippen LogP contribution in [0.2, 0.25) is 0 Å². The fourth-order valence-corrected chi connectivity index (χ4v) is 1.72. The zero-order valence-corrected chi connectivity index (χ0v) is 8.88. The molecule has 1 fully saturated rings. The maximum Gasteiger partial charge on any atom is 0.348 e. The third kappa shape index (κ3) is 2.21. The van der Waals surface area contributed by atoms with E-state index in [9.17, 15) is 9.59 Å². The molecule has 2 rings (SSSR count). The van der Waals surface area contributed by atoms with E-state index in [1.807, 2.05) is 30.3 Å². The molecule has 0 saturated carbocycles. The molecule has 1 aliphatic heterocycles. The van der Waals surface area contributed by atoms with Crippen molar-refractivity contribution in [1.82, 2.24) is 0 Å². The van der Waals surface area contributed by atoms with Crippen LogP contribution in [0.4, 0.5) is 0 Å². The topological polar surface area (TPSA) is 52.6 Å². The van der Waals surface area contributed by atoms with Gasteiger partial charge in [0.05, 0.1) is 0 Å². The predicted molar refractivity (Wildman–Crippen MR) is 55.4 cm³/mol. The van der Waals surface area contributed by atoms with Crippen LogP contribution in [0.1, 0.15) is 25.0 Å². The van der Waals surface area contributed by atoms with Crippen molar-refractivity contribution in [2.45, 2.75) is 25.6 Å². The number of cyclic esters (lactones) is 1. The van der Waals surface area contributed by atoms with Crippen molar-refractivity contribution >= 4 is 11.9 Å². The van der Waals surface area contributed by atoms with E-state index in [4.69, 9.17) is 9.47 Å². The van der Waals surface area contributed by atoms with Gasteiger partial charge in [-0.15, -0.1) is 0 Å². The molecule has 0 aromatic heterocycles. The van der Waals surface area contributed by atoms with Crippen LogP contribution in [0.25, 0.3) is 0 Å². The van der Waals surface area contributed by atoms with Gasteiger partial charge in [-0.05, 0) is 5.56 Å². The minimum atomic E-state index is -0.761. The first kappa shape index (κ1) is 10.7. The summed E-state index contributed by atoms with van der Waals surface area (Å²) in [5, 5.41) is 0. The van der Waals surface area contributed by atoms with E-state index < -0.39 is 18.0 Å². The van der Waals surface area contributed by atoms with Gasteiger partial charge in [-0.1, -0.05) is 30.3 Å². The van der Waals surface area contributed by atoms with Gasteiger partial charge in [0.15, 0.2) is 0 Å². The molecular formula is C12H12O4. The van der Waals surface area contributed by atoms with Gasteiger partial charge < -0.3 is 9.47 Å². The van der Waals surface area contributed by atoms with Crippen molar-refractivity contribution in [3.05, 3.63) is 35.9 Å². The third-order valence-electron chi connectivity index (χ3n) is 2.43. The molecule has 0 amide bonds. The Labute approximate surface area is 93.2 Å². The lowest BCUT2D eigenvalue weighted by Crippen LogP contribution is -2.20. The van der Waals surface area contributed by atoms with Gasteiger partial charge in [-0.25, -0.2) is 4.79 Å². The second-order valence-electron chi connectivity index (χ2n) is 3.67. The van der Waals surface area contributed by atoms with E-state index in [1.165, 1.54) is 6.92 Å². The number of esters is 2. The number of benzene rings is 1. The van der Waals surface area contributed by atoms with Crippen molar-refractivity contribution in [1.29, 1.82) is 0 Å². The van der Waals surface area contributed by atoms with Gasteiger partial charge in [-0.2, -0.15) is 0 Å². The van der Waals surface area contributed by atoms with E-state index in [2.05, 4.69) is 0 Å². The van der Waals surface area contributed by atoms with E-state index >= 15 is 0 Å². The minimum absolute atomic E-state index is 0.307. The van der Waals surface area contributed by atoms with Gasteiger partial charge in [0.25, 0.3) is 0 Å². The average Bonchev–Trinajstić information content (AvgIpc) is 2.61. The number of hydrogen-bond acceptors (Lipinski definition) is 4. The lowest BCUT2D eigenvalue weighted by Gasteiger charge is -2.07. The molecule has 84 valence electrons. The SMILES string of the molecule is CC(=O)OC1CC(c2ccccc2)OC1=O. The molecule has 0 radical (unpaired) electrons. The van der Waals surface area contributed by atoms with Crippen LogP contribution in [-0.2, 0) is 19.1 Å². The Morgan fingerprint density at radius 3 is 2.69 bits per heavy atom. The van der Waals surface area contributed by atoms with E-state index in [0.29, 0.717) is 6.42 Å². The second-order valence-corrected chi connectivity index (χ2v) is 3.67. The number of hydrogen-bond donors (Lipinski definition) is 0. The fraction of sp³-hybridized carbons (Fsp3) is 0.333. The van der Waals surface area contributed by atoms with Crippen LogP contribution in [0.3, 0.4) is 0 Å². The van der Waals surface area contributed by atoms with Crippen LogP contribution in [0.5, 0.6) is 0 Å². The second kappa shape index (κ2) is 4.35. The average molecular weight is 220 g/mol. The standard InChI is InChI=1S/C12H12O4/c1-8(13)15-11-7-10(16-12(11)14)9-5-3-2-4-6-9/h2-6,10-11H,7H2,1H3. The summed E-state index contributed by atoms with van der Waals surface area (Å²) in [6, 6.07) is 9.41. The van der Waals surface area contributed by atoms with Gasteiger partial charge in [0.2, 0.25) is 6.10 Å². The number of carbonyl (C=O) groups is 2. The Bertz CT molecular complexity index is 399. The lowest BCUT2D eigenvalue weighted by molar-refractivity contribution is -0.159. The maximum atomic E-state index is 11.4. The quantitative estimate of drug-likeness (QED) is 0.710. The molecule has 0 N–H and O–H groups in total. The first-order valence-corrected chi connectivity index (χ1v) is 5.09. The van der Waals surface area contributed by atoms with Gasteiger partial charge in [0, 0.05) is 13.3 Å². The highest BCUT2D eigenvalue weighted by Crippen LogP contribution is 2.30. The third-order valence-corrected chi connectivity index (χ3v) is 2.43. The van der Waals surface area contributed by atoms with E-state index in [-0.39, 0.29) is 6.10 Å². The number of carbonyl (C=O) groups excluding carboxylic acids is 2. The van der Waals surface area contributed by atoms with Crippen molar-refractivity contribution in [3.63, 3.8) is 0 Å². The molecule has 1 aromatic carbocycles. The molecular weight excluding hydrogens is 208 g/mol. The van der Waals surface area contributed by atoms with Gasteiger partial charge in [-0.3, -0.25) is 4.79 Å². The van der Waals surface area contributed by atoms with Crippen molar-refractivity contribution in [2.75, 3.05) is 0 Å². The summed E-state index contributed by atoms with van der Waals surface area (Å²) in [5.74, 6) is -0.931. The molecule has 2 unspecified atom stereocenters. The Hall–Kier alpha value is -1.84. The van der Waals surface area contributed by atoms with E-state index in [0.717, 1.165) is 5.56 Å². The first-order chi connectivity index (χ1) is 7.66. The molecule has 0 bridgehead atoms. The molecule has 0 spiro atoms. The highest BCUT2D eigenvalue weighted by atomic mass is 16.6. The summed E-state index contributed by atoms with van der Waals surface area (Å²) in [4.78, 5) is 22.2. The van der Waals surface area contributed by atoms with Crippen LogP contribution in [-0.4, -0.2) is 18.0 Å². The largest absolute Gasteiger partial charge is 0.455 e. The Balaban J connectivity index is 2.07. The van der Waals surface area contributed by atoms with Crippen molar-refractivity contribution in [2.24, 2.45) is 0 Å². The predicted octanol–water partition coefficient (Wildman–Crippen LogP) is 1.61. The van der Waals surface area contributed by atoms with Crippen LogP contribution < -0.4 is 0 Å². The Morgan fingerprint density at radius 2 is 2.06 bits per heavy atom. The normalized spacial score (nSPS) is 23.9. The summed E-state index contributed by atoms with van der Waals surface area (Å²) in [6.07, 6.45) is -0.677. The summed E-state index contributed by atoms with van der Waals surface area (Å²) < 4.78 is 10.0. The van der Waals surface area contributed by atoms with E-state index in [1.54, 1.807) is 0 Å². The number of rotatable bonds is 2. The molecule has 1 heterocycles. The zero-order chi connectivity index (χ0) is 11.5. The summed E-state index contributed by atoms with van der Waals surface area (Å²) in [6.45, 7) is 1.28. The van der Waals surface area contributed by atoms with Gasteiger partial charge in [0.1, 0.15) is 6.10 Å². The summed E-state index contributed by atoms with van der Waals surface area (Å²) in [5.41, 5.74) is 0.922. The Morgan fingerprint density at radius 1 is 1.38 bits per heavy atom. The molecule has 16 heavy (non-hydrogen) atoms. The molecule has 4 nitrogen and oxygen atoms in total. The smallest absolute Gasteiger partial charge is 0.348 e. The van der Waals surface area contributed by atoms with Gasteiger partial charge >= 0.3 is 11.9 Å². The molecule has 4 heteroatoms. The zero-order valence-electron chi connectivity index (χ0n) is 8.88. The minimum Gasteiger partial charge on any atom is -0.455 e. The Kier molecular flexibility index (Phi) is 2.90. The summed E-state index contributed by atoms with van der Waals surface area (Å²) in [7, 11) is 0. The molecule has 0 aliphatic carbocycles. The van der Waals surface area contributed by atoms with Crippen LogP contribution >= 0.6 is 0 Å². The fourth-order valence-electron chi connectivity index (χ4n) is 1.72. The van der Waals surface area contributed by atoms with Crippen molar-refractivity contribution in [3.8, 4) is 0 Å². The molecule has 1 aliphatic rings. The first-order valence-electron chi connectivity index (χ1n) is 5.09.